The Morgan fingerprint density at radius 2 is 1.65 bits per heavy atom. The normalized spacial score (nSPS) is 18.1. The lowest BCUT2D eigenvalue weighted by atomic mass is 9.85. The van der Waals surface area contributed by atoms with Gasteiger partial charge in [0.2, 0.25) is 5.91 Å². The van der Waals surface area contributed by atoms with E-state index >= 15 is 0 Å². The SMILES string of the molecule is CC(CCc1ccccc1)N=C(Nc1ccccc1O)N1CCC2(CC1)C(=O)NCN2c1ccccc1. The fourth-order valence-electron chi connectivity index (χ4n) is 5.31. The number of phenols is 1. The number of piperidine rings is 1. The highest BCUT2D eigenvalue weighted by Gasteiger charge is 2.50. The van der Waals surface area contributed by atoms with Crippen molar-refractivity contribution in [3.63, 3.8) is 0 Å². The van der Waals surface area contributed by atoms with Crippen LogP contribution >= 0.6 is 0 Å². The number of rotatable bonds is 6. The molecule has 3 aromatic rings. The number of nitrogens with zero attached hydrogens (tertiary/aromatic N) is 3. The minimum atomic E-state index is -0.559. The van der Waals surface area contributed by atoms with Gasteiger partial charge >= 0.3 is 0 Å². The zero-order valence-electron chi connectivity index (χ0n) is 21.3. The summed E-state index contributed by atoms with van der Waals surface area (Å²) in [6.45, 7) is 4.02. The summed E-state index contributed by atoms with van der Waals surface area (Å²) in [6, 6.07) is 27.9. The zero-order chi connectivity index (χ0) is 25.7. The number of hydrogen-bond donors (Lipinski definition) is 3. The number of amides is 1. The number of anilines is 2. The quantitative estimate of drug-likeness (QED) is 0.263. The summed E-state index contributed by atoms with van der Waals surface area (Å²) in [7, 11) is 0. The summed E-state index contributed by atoms with van der Waals surface area (Å²) in [5.74, 6) is 1.02. The summed E-state index contributed by atoms with van der Waals surface area (Å²) < 4.78 is 0. The summed E-state index contributed by atoms with van der Waals surface area (Å²) in [5, 5.41) is 16.9. The number of hydrogen-bond acceptors (Lipinski definition) is 4. The first-order chi connectivity index (χ1) is 18.0. The van der Waals surface area contributed by atoms with E-state index < -0.39 is 5.54 Å². The Morgan fingerprint density at radius 3 is 2.35 bits per heavy atom. The van der Waals surface area contributed by atoms with Gasteiger partial charge < -0.3 is 25.5 Å². The van der Waals surface area contributed by atoms with Gasteiger partial charge in [-0.15, -0.1) is 0 Å². The Hall–Kier alpha value is -4.00. The maximum atomic E-state index is 13.1. The third kappa shape index (κ3) is 5.40. The average molecular weight is 498 g/mol. The minimum absolute atomic E-state index is 0.0834. The van der Waals surface area contributed by atoms with Crippen LogP contribution in [0.25, 0.3) is 0 Å². The van der Waals surface area contributed by atoms with Gasteiger partial charge in [0.05, 0.1) is 18.4 Å². The molecule has 3 N–H and O–H groups in total. The molecule has 192 valence electrons. The number of aliphatic imine (C=N–C) groups is 1. The van der Waals surface area contributed by atoms with Gasteiger partial charge in [-0.2, -0.15) is 0 Å². The minimum Gasteiger partial charge on any atom is -0.506 e. The molecule has 0 bridgehead atoms. The molecule has 7 heteroatoms. The molecule has 0 aliphatic carbocycles. The molecule has 7 nitrogen and oxygen atoms in total. The number of guanidine groups is 1. The highest BCUT2D eigenvalue weighted by molar-refractivity contribution is 5.96. The Labute approximate surface area is 218 Å². The third-order valence-electron chi connectivity index (χ3n) is 7.48. The highest BCUT2D eigenvalue weighted by atomic mass is 16.3. The zero-order valence-corrected chi connectivity index (χ0v) is 21.3. The smallest absolute Gasteiger partial charge is 0.247 e. The Morgan fingerprint density at radius 1 is 1.00 bits per heavy atom. The molecule has 2 fully saturated rings. The third-order valence-corrected chi connectivity index (χ3v) is 7.48. The molecule has 1 unspecified atom stereocenters. The van der Waals surface area contributed by atoms with E-state index in [1.807, 2.05) is 36.4 Å². The molecule has 5 rings (SSSR count). The second-order valence-electron chi connectivity index (χ2n) is 9.91. The second kappa shape index (κ2) is 10.9. The number of aromatic hydroxyl groups is 1. The number of carbonyl (C=O) groups excluding carboxylic acids is 1. The van der Waals surface area contributed by atoms with Gasteiger partial charge in [-0.05, 0) is 62.4 Å². The van der Waals surface area contributed by atoms with Crippen LogP contribution in [-0.4, -0.2) is 53.2 Å². The summed E-state index contributed by atoms with van der Waals surface area (Å²) in [6.07, 6.45) is 3.24. The van der Waals surface area contributed by atoms with Crippen molar-refractivity contribution in [2.45, 2.75) is 44.2 Å². The van der Waals surface area contributed by atoms with Gasteiger partial charge in [-0.25, -0.2) is 4.99 Å². The van der Waals surface area contributed by atoms with Crippen LogP contribution in [0.4, 0.5) is 11.4 Å². The first kappa shape index (κ1) is 24.7. The molecular formula is C30H35N5O2. The standard InChI is InChI=1S/C30H35N5O2/c1-23(16-17-24-10-4-2-5-11-24)32-29(33-26-14-8-9-15-27(26)36)34-20-18-30(19-21-34)28(37)31-22-35(30)25-12-6-3-7-13-25/h2-15,23,36H,16-22H2,1H3,(H,31,37)(H,32,33). The van der Waals surface area contributed by atoms with Crippen LogP contribution in [0.3, 0.4) is 0 Å². The summed E-state index contributed by atoms with van der Waals surface area (Å²) in [4.78, 5) is 22.6. The Kier molecular flexibility index (Phi) is 7.30. The molecule has 0 saturated carbocycles. The van der Waals surface area contributed by atoms with Crippen molar-refractivity contribution < 1.29 is 9.90 Å². The van der Waals surface area contributed by atoms with Crippen LogP contribution < -0.4 is 15.5 Å². The molecule has 2 heterocycles. The first-order valence-corrected chi connectivity index (χ1v) is 13.1. The second-order valence-corrected chi connectivity index (χ2v) is 9.91. The molecule has 2 aliphatic rings. The lowest BCUT2D eigenvalue weighted by molar-refractivity contribution is -0.124. The largest absolute Gasteiger partial charge is 0.506 e. The molecule has 3 aromatic carbocycles. The molecule has 1 spiro atoms. The van der Waals surface area contributed by atoms with Crippen LogP contribution in [0.15, 0.2) is 89.9 Å². The van der Waals surface area contributed by atoms with Crippen LogP contribution in [0.5, 0.6) is 5.75 Å². The molecular weight excluding hydrogens is 462 g/mol. The lowest BCUT2D eigenvalue weighted by Crippen LogP contribution is -2.58. The van der Waals surface area contributed by atoms with Gasteiger partial charge in [0.15, 0.2) is 5.96 Å². The van der Waals surface area contributed by atoms with Crippen LogP contribution in [-0.2, 0) is 11.2 Å². The molecule has 0 radical (unpaired) electrons. The van der Waals surface area contributed by atoms with E-state index in [-0.39, 0.29) is 17.7 Å². The van der Waals surface area contributed by atoms with Crippen molar-refractivity contribution in [3.05, 3.63) is 90.5 Å². The van der Waals surface area contributed by atoms with E-state index in [0.29, 0.717) is 38.3 Å². The molecule has 2 aliphatic heterocycles. The van der Waals surface area contributed by atoms with E-state index in [4.69, 9.17) is 4.99 Å². The fourth-order valence-corrected chi connectivity index (χ4v) is 5.31. The Balaban J connectivity index is 1.34. The molecule has 37 heavy (non-hydrogen) atoms. The molecule has 1 atom stereocenters. The van der Waals surface area contributed by atoms with E-state index in [0.717, 1.165) is 24.5 Å². The number of para-hydroxylation sites is 3. The van der Waals surface area contributed by atoms with E-state index in [2.05, 4.69) is 63.8 Å². The van der Waals surface area contributed by atoms with Gasteiger partial charge in [-0.1, -0.05) is 60.7 Å². The van der Waals surface area contributed by atoms with E-state index in [1.54, 1.807) is 12.1 Å². The summed E-state index contributed by atoms with van der Waals surface area (Å²) >= 11 is 0. The maximum Gasteiger partial charge on any atom is 0.247 e. The molecule has 2 saturated heterocycles. The fraction of sp³-hybridized carbons (Fsp3) is 0.333. The van der Waals surface area contributed by atoms with Crippen molar-refractivity contribution in [3.8, 4) is 5.75 Å². The lowest BCUT2D eigenvalue weighted by Gasteiger charge is -2.44. The maximum absolute atomic E-state index is 13.1. The number of likely N-dealkylation sites (tertiary alicyclic amines) is 1. The first-order valence-electron chi connectivity index (χ1n) is 13.1. The number of carbonyl (C=O) groups is 1. The van der Waals surface area contributed by atoms with Crippen LogP contribution in [0.1, 0.15) is 31.7 Å². The van der Waals surface area contributed by atoms with Crippen molar-refractivity contribution >= 4 is 23.2 Å². The number of benzene rings is 3. The van der Waals surface area contributed by atoms with Gasteiger partial charge in [0, 0.05) is 18.8 Å². The van der Waals surface area contributed by atoms with Gasteiger partial charge in [-0.3, -0.25) is 4.79 Å². The number of nitrogens with one attached hydrogen (secondary N) is 2. The average Bonchev–Trinajstić information content (AvgIpc) is 3.24. The van der Waals surface area contributed by atoms with Gasteiger partial charge in [0.1, 0.15) is 11.3 Å². The Bertz CT molecular complexity index is 1220. The molecule has 1 amide bonds. The highest BCUT2D eigenvalue weighted by Crippen LogP contribution is 2.36. The topological polar surface area (TPSA) is 80.2 Å². The van der Waals surface area contributed by atoms with Crippen molar-refractivity contribution in [1.82, 2.24) is 10.2 Å². The number of aryl methyl sites for hydroxylation is 1. The molecule has 0 aromatic heterocycles. The van der Waals surface area contributed by atoms with Crippen molar-refractivity contribution in [2.24, 2.45) is 4.99 Å². The van der Waals surface area contributed by atoms with Crippen molar-refractivity contribution in [1.29, 1.82) is 0 Å². The van der Waals surface area contributed by atoms with Gasteiger partial charge in [0.25, 0.3) is 0 Å². The predicted octanol–water partition coefficient (Wildman–Crippen LogP) is 4.61. The van der Waals surface area contributed by atoms with Crippen molar-refractivity contribution in [2.75, 3.05) is 30.0 Å². The monoisotopic (exact) mass is 497 g/mol. The number of phenolic OH excluding ortho intramolecular Hbond substituents is 1. The predicted molar refractivity (Wildman–Crippen MR) is 149 cm³/mol. The van der Waals surface area contributed by atoms with Crippen LogP contribution in [0, 0.1) is 0 Å². The van der Waals surface area contributed by atoms with Crippen LogP contribution in [0.2, 0.25) is 0 Å². The summed E-state index contributed by atoms with van der Waals surface area (Å²) in [5.41, 5.74) is 2.43. The van der Waals surface area contributed by atoms with E-state index in [9.17, 15) is 9.90 Å². The van der Waals surface area contributed by atoms with E-state index in [1.165, 1.54) is 5.56 Å².